The standard InChI is InChI=1S/C25H29NO6/c1-25(2,3)32-23(29)14-16(12-13-22(27)28)26-24(30)31-15-21-19-10-6-4-8-17(19)18-9-5-7-11-20(18)21/h4-11,16,21H,12-15H2,1-3H3,(H,26,30)(H,27,28)/t16-/m0/s1. The van der Waals surface area contributed by atoms with Crippen LogP contribution in [0.5, 0.6) is 0 Å². The zero-order valence-electron chi connectivity index (χ0n) is 18.6. The summed E-state index contributed by atoms with van der Waals surface area (Å²) in [4.78, 5) is 35.7. The minimum Gasteiger partial charge on any atom is -0.481 e. The average Bonchev–Trinajstić information content (AvgIpc) is 3.03. The van der Waals surface area contributed by atoms with Crippen molar-refractivity contribution in [3.63, 3.8) is 0 Å². The maximum atomic E-state index is 12.5. The number of rotatable bonds is 8. The molecule has 0 spiro atoms. The number of esters is 1. The smallest absolute Gasteiger partial charge is 0.407 e. The van der Waals surface area contributed by atoms with Crippen molar-refractivity contribution in [1.29, 1.82) is 0 Å². The molecule has 3 rings (SSSR count). The van der Waals surface area contributed by atoms with E-state index >= 15 is 0 Å². The quantitative estimate of drug-likeness (QED) is 0.588. The van der Waals surface area contributed by atoms with Crippen LogP contribution in [0.25, 0.3) is 11.1 Å². The van der Waals surface area contributed by atoms with Crippen LogP contribution < -0.4 is 5.32 Å². The summed E-state index contributed by atoms with van der Waals surface area (Å²) in [6, 6.07) is 15.3. The van der Waals surface area contributed by atoms with Gasteiger partial charge in [-0.1, -0.05) is 48.5 Å². The second kappa shape index (κ2) is 9.85. The van der Waals surface area contributed by atoms with Crippen LogP contribution in [0.15, 0.2) is 48.5 Å². The molecule has 0 aliphatic heterocycles. The lowest BCUT2D eigenvalue weighted by molar-refractivity contribution is -0.155. The Bertz CT molecular complexity index is 948. The minimum absolute atomic E-state index is 0.0866. The maximum absolute atomic E-state index is 12.5. The van der Waals surface area contributed by atoms with E-state index in [-0.39, 0.29) is 31.8 Å². The molecule has 170 valence electrons. The van der Waals surface area contributed by atoms with Crippen LogP contribution in [-0.4, -0.2) is 41.4 Å². The first-order valence-electron chi connectivity index (χ1n) is 10.7. The lowest BCUT2D eigenvalue weighted by Crippen LogP contribution is -2.39. The van der Waals surface area contributed by atoms with E-state index in [4.69, 9.17) is 14.6 Å². The topological polar surface area (TPSA) is 102 Å². The molecule has 1 aliphatic rings. The summed E-state index contributed by atoms with van der Waals surface area (Å²) in [5.74, 6) is -1.60. The number of nitrogens with one attached hydrogen (secondary N) is 1. The number of carbonyl (C=O) groups excluding carboxylic acids is 2. The van der Waals surface area contributed by atoms with E-state index in [9.17, 15) is 14.4 Å². The molecule has 7 heteroatoms. The number of alkyl carbamates (subject to hydrolysis) is 1. The largest absolute Gasteiger partial charge is 0.481 e. The van der Waals surface area contributed by atoms with Gasteiger partial charge in [0, 0.05) is 18.4 Å². The number of carbonyl (C=O) groups is 3. The van der Waals surface area contributed by atoms with Gasteiger partial charge < -0.3 is 19.9 Å². The summed E-state index contributed by atoms with van der Waals surface area (Å²) >= 11 is 0. The number of carboxylic acids is 1. The lowest BCUT2D eigenvalue weighted by Gasteiger charge is -2.23. The van der Waals surface area contributed by atoms with Gasteiger partial charge in [-0.25, -0.2) is 4.79 Å². The fraction of sp³-hybridized carbons (Fsp3) is 0.400. The van der Waals surface area contributed by atoms with E-state index in [1.54, 1.807) is 20.8 Å². The van der Waals surface area contributed by atoms with Crippen molar-refractivity contribution in [2.75, 3.05) is 6.61 Å². The summed E-state index contributed by atoms with van der Waals surface area (Å²) in [5.41, 5.74) is 3.77. The second-order valence-corrected chi connectivity index (χ2v) is 8.89. The molecule has 32 heavy (non-hydrogen) atoms. The lowest BCUT2D eigenvalue weighted by atomic mass is 9.98. The van der Waals surface area contributed by atoms with Crippen molar-refractivity contribution in [3.8, 4) is 11.1 Å². The Morgan fingerprint density at radius 2 is 1.56 bits per heavy atom. The van der Waals surface area contributed by atoms with E-state index < -0.39 is 29.7 Å². The maximum Gasteiger partial charge on any atom is 0.407 e. The highest BCUT2D eigenvalue weighted by molar-refractivity contribution is 5.79. The molecule has 0 aromatic heterocycles. The number of ether oxygens (including phenoxy) is 2. The molecule has 2 aromatic carbocycles. The van der Waals surface area contributed by atoms with Gasteiger partial charge in [0.25, 0.3) is 0 Å². The van der Waals surface area contributed by atoms with Gasteiger partial charge in [-0.15, -0.1) is 0 Å². The van der Waals surface area contributed by atoms with Gasteiger partial charge >= 0.3 is 18.0 Å². The van der Waals surface area contributed by atoms with Crippen molar-refractivity contribution < 1.29 is 29.0 Å². The molecule has 1 atom stereocenters. The molecule has 1 aliphatic carbocycles. The van der Waals surface area contributed by atoms with Gasteiger partial charge in [0.1, 0.15) is 12.2 Å². The third kappa shape index (κ3) is 6.09. The van der Waals surface area contributed by atoms with Gasteiger partial charge in [0.05, 0.1) is 6.42 Å². The third-order valence-corrected chi connectivity index (χ3v) is 5.21. The van der Waals surface area contributed by atoms with E-state index in [0.717, 1.165) is 22.3 Å². The van der Waals surface area contributed by atoms with E-state index in [0.29, 0.717) is 0 Å². The van der Waals surface area contributed by atoms with Crippen LogP contribution in [0.1, 0.15) is 57.1 Å². The summed E-state index contributed by atoms with van der Waals surface area (Å²) in [5, 5.41) is 11.6. The highest BCUT2D eigenvalue weighted by Gasteiger charge is 2.29. The molecule has 7 nitrogen and oxygen atoms in total. The van der Waals surface area contributed by atoms with Crippen LogP contribution in [0.4, 0.5) is 4.79 Å². The summed E-state index contributed by atoms with van der Waals surface area (Å²) in [6.07, 6.45) is -0.907. The average molecular weight is 440 g/mol. The fourth-order valence-corrected chi connectivity index (χ4v) is 3.91. The Labute approximate surface area is 187 Å². The molecular weight excluding hydrogens is 410 g/mol. The molecule has 2 aromatic rings. The number of aliphatic carboxylic acids is 1. The van der Waals surface area contributed by atoms with Gasteiger partial charge in [0.15, 0.2) is 0 Å². The Morgan fingerprint density at radius 3 is 2.09 bits per heavy atom. The number of fused-ring (bicyclic) bond motifs is 3. The van der Waals surface area contributed by atoms with Gasteiger partial charge in [-0.05, 0) is 49.4 Å². The molecule has 0 fully saturated rings. The third-order valence-electron chi connectivity index (χ3n) is 5.21. The summed E-state index contributed by atoms with van der Waals surface area (Å²) < 4.78 is 10.8. The first-order chi connectivity index (χ1) is 15.1. The predicted octanol–water partition coefficient (Wildman–Crippen LogP) is 4.49. The fourth-order valence-electron chi connectivity index (χ4n) is 3.91. The first-order valence-corrected chi connectivity index (χ1v) is 10.7. The number of hydrogen-bond acceptors (Lipinski definition) is 5. The molecule has 2 N–H and O–H groups in total. The summed E-state index contributed by atoms with van der Waals surface area (Å²) in [6.45, 7) is 5.38. The Kier molecular flexibility index (Phi) is 7.18. The Hall–Kier alpha value is -3.35. The van der Waals surface area contributed by atoms with Gasteiger partial charge in [-0.3, -0.25) is 9.59 Å². The van der Waals surface area contributed by atoms with Gasteiger partial charge in [0.2, 0.25) is 0 Å². The van der Waals surface area contributed by atoms with Crippen LogP contribution in [-0.2, 0) is 19.1 Å². The van der Waals surface area contributed by atoms with E-state index in [1.165, 1.54) is 0 Å². The molecule has 0 bridgehead atoms. The molecule has 0 heterocycles. The molecule has 0 saturated carbocycles. The number of amides is 1. The molecule has 0 unspecified atom stereocenters. The van der Waals surface area contributed by atoms with Crippen molar-refractivity contribution in [3.05, 3.63) is 59.7 Å². The zero-order valence-corrected chi connectivity index (χ0v) is 18.6. The predicted molar refractivity (Wildman–Crippen MR) is 119 cm³/mol. The Morgan fingerprint density at radius 1 is 1.00 bits per heavy atom. The SMILES string of the molecule is CC(C)(C)OC(=O)C[C@H](CCC(=O)O)NC(=O)OCC1c2ccccc2-c2ccccc21. The minimum atomic E-state index is -1.01. The van der Waals surface area contributed by atoms with Crippen LogP contribution >= 0.6 is 0 Å². The van der Waals surface area contributed by atoms with Crippen LogP contribution in [0.3, 0.4) is 0 Å². The number of hydrogen-bond donors (Lipinski definition) is 2. The molecular formula is C25H29NO6. The first kappa shape index (κ1) is 23.3. The molecule has 1 amide bonds. The number of benzene rings is 2. The summed E-state index contributed by atoms with van der Waals surface area (Å²) in [7, 11) is 0. The van der Waals surface area contributed by atoms with Crippen LogP contribution in [0.2, 0.25) is 0 Å². The van der Waals surface area contributed by atoms with E-state index in [1.807, 2.05) is 36.4 Å². The van der Waals surface area contributed by atoms with Crippen LogP contribution in [0, 0.1) is 0 Å². The van der Waals surface area contributed by atoms with E-state index in [2.05, 4.69) is 17.4 Å². The van der Waals surface area contributed by atoms with Crippen molar-refractivity contribution >= 4 is 18.0 Å². The van der Waals surface area contributed by atoms with Gasteiger partial charge in [-0.2, -0.15) is 0 Å². The molecule has 0 saturated heterocycles. The van der Waals surface area contributed by atoms with Crippen molar-refractivity contribution in [2.24, 2.45) is 0 Å². The monoisotopic (exact) mass is 439 g/mol. The normalized spacial score (nSPS) is 13.6. The molecule has 0 radical (unpaired) electrons. The highest BCUT2D eigenvalue weighted by atomic mass is 16.6. The highest BCUT2D eigenvalue weighted by Crippen LogP contribution is 2.44. The second-order valence-electron chi connectivity index (χ2n) is 8.89. The Balaban J connectivity index is 1.63. The van der Waals surface area contributed by atoms with Crippen molar-refractivity contribution in [2.45, 2.75) is 57.6 Å². The zero-order chi connectivity index (χ0) is 23.3. The van der Waals surface area contributed by atoms with Crippen molar-refractivity contribution in [1.82, 2.24) is 5.32 Å². The number of carboxylic acid groups (broad SMARTS) is 1.